The molecule has 0 bridgehead atoms. The molecule has 1 aliphatic heterocycles. The van der Waals surface area contributed by atoms with E-state index < -0.39 is 17.3 Å². The van der Waals surface area contributed by atoms with Gasteiger partial charge in [-0.3, -0.25) is 4.79 Å². The van der Waals surface area contributed by atoms with Crippen LogP contribution >= 0.6 is 0 Å². The van der Waals surface area contributed by atoms with Crippen molar-refractivity contribution in [2.75, 3.05) is 0 Å². The molecule has 2 nitrogen and oxygen atoms in total. The summed E-state index contributed by atoms with van der Waals surface area (Å²) in [7, 11) is 0. The molecule has 0 spiro atoms. The zero-order valence-corrected chi connectivity index (χ0v) is 14.4. The third-order valence-corrected chi connectivity index (χ3v) is 4.79. The Morgan fingerprint density at radius 1 is 0.815 bits per heavy atom. The molecular formula is C22H15F3O2. The van der Waals surface area contributed by atoms with Gasteiger partial charge in [-0.25, -0.2) is 0 Å². The molecule has 3 aromatic carbocycles. The number of ether oxygens (including phenoxy) is 1. The van der Waals surface area contributed by atoms with E-state index in [0.717, 1.165) is 17.7 Å². The summed E-state index contributed by atoms with van der Waals surface area (Å²) < 4.78 is 45.0. The van der Waals surface area contributed by atoms with E-state index in [1.807, 2.05) is 19.1 Å². The van der Waals surface area contributed by atoms with Gasteiger partial charge in [0.05, 0.1) is 11.1 Å². The molecule has 136 valence electrons. The number of rotatable bonds is 2. The van der Waals surface area contributed by atoms with Gasteiger partial charge in [0.25, 0.3) is 0 Å². The highest BCUT2D eigenvalue weighted by atomic mass is 19.4. The Morgan fingerprint density at radius 3 is 1.93 bits per heavy atom. The molecular weight excluding hydrogens is 353 g/mol. The molecule has 0 saturated heterocycles. The van der Waals surface area contributed by atoms with Crippen molar-refractivity contribution in [3.63, 3.8) is 0 Å². The van der Waals surface area contributed by atoms with Gasteiger partial charge in [-0.05, 0) is 31.2 Å². The Balaban J connectivity index is 1.91. The van der Waals surface area contributed by atoms with Crippen LogP contribution in [0.5, 0.6) is 5.75 Å². The van der Waals surface area contributed by atoms with Crippen LogP contribution in [0, 0.1) is 6.92 Å². The second kappa shape index (κ2) is 5.98. The average molecular weight is 368 g/mol. The molecule has 0 aliphatic carbocycles. The van der Waals surface area contributed by atoms with E-state index in [1.165, 1.54) is 12.1 Å². The molecule has 4 rings (SSSR count). The SMILES string of the molecule is Cc1ccc([C@]2(c3ccc(C(F)(F)F)cc3)Oc3ccccc3C2=O)cc1. The third-order valence-electron chi connectivity index (χ3n) is 4.79. The van der Waals surface area contributed by atoms with Gasteiger partial charge in [0.15, 0.2) is 0 Å². The Hall–Kier alpha value is -3.08. The number of halogens is 3. The van der Waals surface area contributed by atoms with Crippen molar-refractivity contribution in [3.8, 4) is 5.75 Å². The van der Waals surface area contributed by atoms with Crippen molar-refractivity contribution in [2.24, 2.45) is 0 Å². The smallest absolute Gasteiger partial charge is 0.416 e. The van der Waals surface area contributed by atoms with Gasteiger partial charge in [0.2, 0.25) is 11.4 Å². The summed E-state index contributed by atoms with van der Waals surface area (Å²) in [5, 5.41) is 0. The fourth-order valence-electron chi connectivity index (χ4n) is 3.37. The molecule has 0 fully saturated rings. The second-order valence-corrected chi connectivity index (χ2v) is 6.55. The highest BCUT2D eigenvalue weighted by Crippen LogP contribution is 2.46. The highest BCUT2D eigenvalue weighted by Gasteiger charge is 2.51. The second-order valence-electron chi connectivity index (χ2n) is 6.55. The molecule has 5 heteroatoms. The van der Waals surface area contributed by atoms with Crippen molar-refractivity contribution in [2.45, 2.75) is 18.7 Å². The van der Waals surface area contributed by atoms with Gasteiger partial charge < -0.3 is 4.74 Å². The van der Waals surface area contributed by atoms with E-state index in [4.69, 9.17) is 4.74 Å². The fourth-order valence-corrected chi connectivity index (χ4v) is 3.37. The van der Waals surface area contributed by atoms with Gasteiger partial charge >= 0.3 is 6.18 Å². The van der Waals surface area contributed by atoms with Crippen LogP contribution < -0.4 is 4.74 Å². The molecule has 27 heavy (non-hydrogen) atoms. The first kappa shape index (κ1) is 17.3. The van der Waals surface area contributed by atoms with Crippen LogP contribution in [0.3, 0.4) is 0 Å². The zero-order valence-electron chi connectivity index (χ0n) is 14.4. The fraction of sp³-hybridized carbons (Fsp3) is 0.136. The topological polar surface area (TPSA) is 26.3 Å². The molecule has 0 unspecified atom stereocenters. The van der Waals surface area contributed by atoms with Crippen LogP contribution in [0.1, 0.15) is 32.6 Å². The number of para-hydroxylation sites is 1. The molecule has 0 radical (unpaired) electrons. The number of fused-ring (bicyclic) bond motifs is 1. The summed E-state index contributed by atoms with van der Waals surface area (Å²) in [5.74, 6) is 0.129. The number of hydrogen-bond acceptors (Lipinski definition) is 2. The molecule has 1 aliphatic rings. The van der Waals surface area contributed by atoms with Crippen LogP contribution in [0.2, 0.25) is 0 Å². The van der Waals surface area contributed by atoms with E-state index in [1.54, 1.807) is 36.4 Å². The van der Waals surface area contributed by atoms with E-state index in [2.05, 4.69) is 0 Å². The van der Waals surface area contributed by atoms with Gasteiger partial charge in [0.1, 0.15) is 5.75 Å². The largest absolute Gasteiger partial charge is 0.469 e. The monoisotopic (exact) mass is 368 g/mol. The number of carbonyl (C=O) groups excluding carboxylic acids is 1. The number of carbonyl (C=O) groups is 1. The Kier molecular flexibility index (Phi) is 3.84. The van der Waals surface area contributed by atoms with Crippen molar-refractivity contribution in [1.82, 2.24) is 0 Å². The summed E-state index contributed by atoms with van der Waals surface area (Å²) in [6.07, 6.45) is -4.45. The maximum atomic E-state index is 13.3. The average Bonchev–Trinajstić information content (AvgIpc) is 2.96. The van der Waals surface area contributed by atoms with E-state index in [9.17, 15) is 18.0 Å². The standard InChI is InChI=1S/C22H15F3O2/c1-14-6-8-15(9-7-14)21(16-10-12-17(13-11-16)22(23,24)25)20(26)18-4-2-3-5-19(18)27-21/h2-13H,1H3/t21-/m1/s1. The lowest BCUT2D eigenvalue weighted by Gasteiger charge is -2.29. The lowest BCUT2D eigenvalue weighted by atomic mass is 9.81. The van der Waals surface area contributed by atoms with Crippen molar-refractivity contribution >= 4 is 5.78 Å². The number of aryl methyl sites for hydroxylation is 1. The zero-order chi connectivity index (χ0) is 19.2. The summed E-state index contributed by atoms with van der Waals surface area (Å²) in [5.41, 5.74) is 0.0896. The minimum atomic E-state index is -4.45. The number of alkyl halides is 3. The first-order chi connectivity index (χ1) is 12.8. The van der Waals surface area contributed by atoms with Gasteiger partial charge in [-0.2, -0.15) is 13.2 Å². The minimum Gasteiger partial charge on any atom is -0.469 e. The maximum absolute atomic E-state index is 13.3. The number of hydrogen-bond donors (Lipinski definition) is 0. The lowest BCUT2D eigenvalue weighted by Crippen LogP contribution is -2.38. The van der Waals surface area contributed by atoms with Gasteiger partial charge in [0, 0.05) is 11.1 Å². The van der Waals surface area contributed by atoms with Crippen LogP contribution in [-0.4, -0.2) is 5.78 Å². The van der Waals surface area contributed by atoms with Crippen molar-refractivity contribution < 1.29 is 22.7 Å². The van der Waals surface area contributed by atoms with Crippen molar-refractivity contribution in [3.05, 3.63) is 101 Å². The van der Waals surface area contributed by atoms with Crippen LogP contribution in [-0.2, 0) is 11.8 Å². The van der Waals surface area contributed by atoms with Gasteiger partial charge in [-0.15, -0.1) is 0 Å². The van der Waals surface area contributed by atoms with E-state index in [-0.39, 0.29) is 5.78 Å². The van der Waals surface area contributed by atoms with Crippen LogP contribution in [0.25, 0.3) is 0 Å². The number of benzene rings is 3. The predicted molar refractivity (Wildman–Crippen MR) is 94.8 cm³/mol. The summed E-state index contributed by atoms with van der Waals surface area (Å²) >= 11 is 0. The molecule has 0 saturated carbocycles. The molecule has 3 aromatic rings. The molecule has 0 amide bonds. The normalized spacial score (nSPS) is 18.9. The molecule has 1 atom stereocenters. The highest BCUT2D eigenvalue weighted by molar-refractivity contribution is 6.10. The Bertz CT molecular complexity index is 1000. The van der Waals surface area contributed by atoms with E-state index in [0.29, 0.717) is 22.4 Å². The predicted octanol–water partition coefficient (Wildman–Crippen LogP) is 5.53. The van der Waals surface area contributed by atoms with E-state index >= 15 is 0 Å². The quantitative estimate of drug-likeness (QED) is 0.594. The van der Waals surface area contributed by atoms with Crippen molar-refractivity contribution in [1.29, 1.82) is 0 Å². The molecule has 1 heterocycles. The minimum absolute atomic E-state index is 0.290. The summed E-state index contributed by atoms with van der Waals surface area (Å²) in [6.45, 7) is 1.92. The lowest BCUT2D eigenvalue weighted by molar-refractivity contribution is -0.137. The summed E-state index contributed by atoms with van der Waals surface area (Å²) in [6, 6.07) is 18.7. The van der Waals surface area contributed by atoms with Crippen LogP contribution in [0.4, 0.5) is 13.2 Å². The van der Waals surface area contributed by atoms with Gasteiger partial charge in [-0.1, -0.05) is 54.1 Å². The Morgan fingerprint density at radius 2 is 1.37 bits per heavy atom. The molecule has 0 aromatic heterocycles. The van der Waals surface area contributed by atoms with Crippen LogP contribution in [0.15, 0.2) is 72.8 Å². The summed E-state index contributed by atoms with van der Waals surface area (Å²) in [4.78, 5) is 13.3. The Labute approximate surface area is 154 Å². The first-order valence-electron chi connectivity index (χ1n) is 8.40. The maximum Gasteiger partial charge on any atom is 0.416 e. The number of ketones is 1. The third kappa shape index (κ3) is 2.70. The first-order valence-corrected chi connectivity index (χ1v) is 8.40. The molecule has 0 N–H and O–H groups in total. The number of Topliss-reactive ketones (excluding diaryl/α,β-unsaturated/α-hetero) is 1.